The lowest BCUT2D eigenvalue weighted by Crippen LogP contribution is -2.50. The smallest absolute Gasteiger partial charge is 0.273 e. The first-order valence-electron chi connectivity index (χ1n) is 10.3. The van der Waals surface area contributed by atoms with Gasteiger partial charge in [0.05, 0.1) is 28.8 Å². The number of halogens is 2. The summed E-state index contributed by atoms with van der Waals surface area (Å²) in [6.45, 7) is 3.95. The van der Waals surface area contributed by atoms with Crippen molar-refractivity contribution in [1.29, 1.82) is 5.26 Å². The highest BCUT2D eigenvalue weighted by atomic mass is 35.5. The number of aromatic nitrogens is 1. The van der Waals surface area contributed by atoms with E-state index in [0.717, 1.165) is 5.56 Å². The third-order valence-electron chi connectivity index (χ3n) is 5.80. The molecule has 0 spiro atoms. The third kappa shape index (κ3) is 4.20. The van der Waals surface area contributed by atoms with Gasteiger partial charge in [-0.05, 0) is 41.7 Å². The number of hydrogen-bond acceptors (Lipinski definition) is 6. The fourth-order valence-electron chi connectivity index (χ4n) is 4.34. The number of carbonyl (C=O) groups excluding carboxylic acids is 2. The van der Waals surface area contributed by atoms with Crippen molar-refractivity contribution in [3.05, 3.63) is 86.6 Å². The van der Waals surface area contributed by atoms with E-state index in [0.29, 0.717) is 29.1 Å². The number of nitrogens with zero attached hydrogens (tertiary/aromatic N) is 3. The number of nitrogens with one attached hydrogen (secondary N) is 1. The van der Waals surface area contributed by atoms with Gasteiger partial charge in [0.25, 0.3) is 5.91 Å². The molecule has 1 aromatic heterocycles. The van der Waals surface area contributed by atoms with Crippen LogP contribution in [0.25, 0.3) is 0 Å². The van der Waals surface area contributed by atoms with E-state index in [1.165, 1.54) is 17.3 Å². The van der Waals surface area contributed by atoms with E-state index in [9.17, 15) is 14.9 Å². The summed E-state index contributed by atoms with van der Waals surface area (Å²) >= 11 is 12.1. The van der Waals surface area contributed by atoms with E-state index in [1.54, 1.807) is 30.3 Å². The van der Waals surface area contributed by atoms with Crippen molar-refractivity contribution in [3.8, 4) is 6.07 Å². The molecule has 1 unspecified atom stereocenters. The molecule has 1 aromatic carbocycles. The summed E-state index contributed by atoms with van der Waals surface area (Å²) in [5.41, 5.74) is 10.9. The van der Waals surface area contributed by atoms with Crippen LogP contribution in [0.5, 0.6) is 0 Å². The highest BCUT2D eigenvalue weighted by molar-refractivity contribution is 6.32. The lowest BCUT2D eigenvalue weighted by Gasteiger charge is -2.43. The van der Waals surface area contributed by atoms with Gasteiger partial charge >= 0.3 is 0 Å². The normalized spacial score (nSPS) is 19.8. The van der Waals surface area contributed by atoms with Crippen molar-refractivity contribution in [2.24, 2.45) is 11.1 Å². The quantitative estimate of drug-likeness (QED) is 0.625. The molecular formula is C24H21Cl2N5O2. The second-order valence-corrected chi connectivity index (χ2v) is 9.61. The molecule has 1 aliphatic heterocycles. The van der Waals surface area contributed by atoms with Gasteiger partial charge in [0.2, 0.25) is 0 Å². The fourth-order valence-corrected chi connectivity index (χ4v) is 4.67. The van der Waals surface area contributed by atoms with Gasteiger partial charge in [0, 0.05) is 23.2 Å². The molecule has 7 nitrogen and oxygen atoms in total. The van der Waals surface area contributed by atoms with Crippen LogP contribution < -0.4 is 11.2 Å². The molecule has 2 heterocycles. The minimum Gasteiger partial charge on any atom is -0.383 e. The summed E-state index contributed by atoms with van der Waals surface area (Å²) < 4.78 is 0. The number of nitrogens with two attached hydrogens (primary N) is 1. The fraction of sp³-hybridized carbons (Fsp3) is 0.250. The number of Topliss-reactive ketones (excluding diaryl/α,β-unsaturated/α-hetero) is 1. The van der Waals surface area contributed by atoms with E-state index >= 15 is 0 Å². The number of nitriles is 1. The highest BCUT2D eigenvalue weighted by Gasteiger charge is 2.45. The van der Waals surface area contributed by atoms with Gasteiger partial charge in [-0.25, -0.2) is 9.99 Å². The average Bonchev–Trinajstić information content (AvgIpc) is 2.75. The molecule has 168 valence electrons. The number of rotatable bonds is 3. The number of carbonyl (C=O) groups is 2. The zero-order valence-corrected chi connectivity index (χ0v) is 19.5. The molecule has 1 amide bonds. The monoisotopic (exact) mass is 481 g/mol. The number of amides is 1. The molecule has 0 fully saturated rings. The Morgan fingerprint density at radius 3 is 2.58 bits per heavy atom. The Balaban J connectivity index is 1.87. The molecule has 1 atom stereocenters. The second-order valence-electron chi connectivity index (χ2n) is 8.81. The van der Waals surface area contributed by atoms with Crippen LogP contribution >= 0.6 is 23.2 Å². The summed E-state index contributed by atoms with van der Waals surface area (Å²) in [5.74, 6) is -1.25. The zero-order valence-electron chi connectivity index (χ0n) is 18.0. The molecule has 33 heavy (non-hydrogen) atoms. The maximum atomic E-state index is 13.4. The van der Waals surface area contributed by atoms with E-state index in [1.807, 2.05) is 13.8 Å². The zero-order chi connectivity index (χ0) is 23.9. The van der Waals surface area contributed by atoms with Crippen molar-refractivity contribution >= 4 is 34.9 Å². The maximum Gasteiger partial charge on any atom is 0.273 e. The Hall–Kier alpha value is -3.34. The molecule has 0 bridgehead atoms. The van der Waals surface area contributed by atoms with Gasteiger partial charge in [-0.15, -0.1) is 0 Å². The minimum atomic E-state index is -0.652. The Morgan fingerprint density at radius 1 is 1.24 bits per heavy atom. The maximum absolute atomic E-state index is 13.4. The van der Waals surface area contributed by atoms with Crippen LogP contribution in [0.3, 0.4) is 0 Å². The Labute approximate surface area is 201 Å². The van der Waals surface area contributed by atoms with E-state index in [4.69, 9.17) is 28.9 Å². The predicted octanol–water partition coefficient (Wildman–Crippen LogP) is 4.47. The van der Waals surface area contributed by atoms with Crippen LogP contribution in [0.1, 0.15) is 48.5 Å². The first-order chi connectivity index (χ1) is 15.6. The number of allylic oxidation sites excluding steroid dienone is 3. The Bertz CT molecular complexity index is 1260. The van der Waals surface area contributed by atoms with E-state index in [-0.39, 0.29) is 33.3 Å². The van der Waals surface area contributed by atoms with Gasteiger partial charge in [-0.3, -0.25) is 15.0 Å². The average molecular weight is 482 g/mol. The predicted molar refractivity (Wildman–Crippen MR) is 125 cm³/mol. The lowest BCUT2D eigenvalue weighted by molar-refractivity contribution is -0.118. The van der Waals surface area contributed by atoms with E-state index in [2.05, 4.69) is 16.5 Å². The Kier molecular flexibility index (Phi) is 5.91. The number of hydrazine groups is 1. The molecule has 0 saturated heterocycles. The summed E-state index contributed by atoms with van der Waals surface area (Å²) in [7, 11) is 0. The van der Waals surface area contributed by atoms with Crippen molar-refractivity contribution in [3.63, 3.8) is 0 Å². The highest BCUT2D eigenvalue weighted by Crippen LogP contribution is 2.48. The van der Waals surface area contributed by atoms with Crippen LogP contribution in [0.15, 0.2) is 65.3 Å². The van der Waals surface area contributed by atoms with Crippen molar-refractivity contribution in [2.45, 2.75) is 32.6 Å². The number of ketones is 1. The standard InChI is InChI=1S/C24H21Cl2N5O2/c1-24(2)10-17-20(18(32)11-24)19(13-5-7-14(25)8-6-13)16(12-27)22(28)31(17)30-23(33)15-4-3-9-29-21(15)26/h3-9,19H,10-11,28H2,1-2H3,(H,30,33). The van der Waals surface area contributed by atoms with Gasteiger partial charge in [0.1, 0.15) is 11.0 Å². The molecule has 9 heteroatoms. The molecule has 4 rings (SSSR count). The van der Waals surface area contributed by atoms with Crippen LogP contribution in [-0.4, -0.2) is 21.7 Å². The summed E-state index contributed by atoms with van der Waals surface area (Å²) in [6.07, 6.45) is 2.26. The third-order valence-corrected chi connectivity index (χ3v) is 6.35. The number of pyridine rings is 1. The Morgan fingerprint density at radius 2 is 1.94 bits per heavy atom. The summed E-state index contributed by atoms with van der Waals surface area (Å²) in [4.78, 5) is 30.3. The van der Waals surface area contributed by atoms with Gasteiger partial charge in [0.15, 0.2) is 5.78 Å². The SMILES string of the molecule is CC1(C)CC(=O)C2=C(C1)N(NC(=O)c1cccnc1Cl)C(N)=C(C#N)C2c1ccc(Cl)cc1. The lowest BCUT2D eigenvalue weighted by atomic mass is 9.69. The number of benzene rings is 1. The molecule has 1 aliphatic carbocycles. The first kappa shape index (κ1) is 22.8. The van der Waals surface area contributed by atoms with Crippen molar-refractivity contribution < 1.29 is 9.59 Å². The first-order valence-corrected chi connectivity index (χ1v) is 11.0. The van der Waals surface area contributed by atoms with Crippen LogP contribution in [-0.2, 0) is 4.79 Å². The summed E-state index contributed by atoms with van der Waals surface area (Å²) in [6, 6.07) is 12.2. The van der Waals surface area contributed by atoms with Crippen molar-refractivity contribution in [1.82, 2.24) is 15.4 Å². The minimum absolute atomic E-state index is 0.0309. The largest absolute Gasteiger partial charge is 0.383 e. The van der Waals surface area contributed by atoms with Gasteiger partial charge < -0.3 is 5.73 Å². The molecule has 3 N–H and O–H groups in total. The van der Waals surface area contributed by atoms with E-state index < -0.39 is 11.8 Å². The topological polar surface area (TPSA) is 112 Å². The molecule has 2 aliphatic rings. The number of hydrogen-bond donors (Lipinski definition) is 2. The van der Waals surface area contributed by atoms with Crippen molar-refractivity contribution in [2.75, 3.05) is 0 Å². The molecule has 2 aromatic rings. The summed E-state index contributed by atoms with van der Waals surface area (Å²) in [5, 5.41) is 11.9. The van der Waals surface area contributed by atoms with Crippen LogP contribution in [0.4, 0.5) is 0 Å². The van der Waals surface area contributed by atoms with Gasteiger partial charge in [-0.2, -0.15) is 5.26 Å². The molecule has 0 radical (unpaired) electrons. The molecule has 0 saturated carbocycles. The van der Waals surface area contributed by atoms with Gasteiger partial charge in [-0.1, -0.05) is 49.2 Å². The van der Waals surface area contributed by atoms with Crippen LogP contribution in [0.2, 0.25) is 10.2 Å². The van der Waals surface area contributed by atoms with Crippen LogP contribution in [0, 0.1) is 16.7 Å². The molecular weight excluding hydrogens is 461 g/mol. The second kappa shape index (κ2) is 8.54.